The van der Waals surface area contributed by atoms with Crippen molar-refractivity contribution in [2.24, 2.45) is 0 Å². The third kappa shape index (κ3) is 6.02. The molecule has 0 unspecified atom stereocenters. The van der Waals surface area contributed by atoms with Crippen molar-refractivity contribution in [1.29, 1.82) is 0 Å². The maximum atomic E-state index is 12.5. The zero-order valence-electron chi connectivity index (χ0n) is 19.4. The van der Waals surface area contributed by atoms with Gasteiger partial charge in [0.1, 0.15) is 23.3 Å². The Hall–Kier alpha value is -2.22. The fraction of sp³-hybridized carbons (Fsp3) is 0.360. The van der Waals surface area contributed by atoms with Crippen LogP contribution < -0.4 is 14.2 Å². The smallest absolute Gasteiger partial charge is 0.266 e. The van der Waals surface area contributed by atoms with Gasteiger partial charge in [-0.2, -0.15) is 0 Å². The molecule has 1 heterocycles. The summed E-state index contributed by atoms with van der Waals surface area (Å²) in [5.41, 5.74) is 3.04. The summed E-state index contributed by atoms with van der Waals surface area (Å²) in [5.74, 6) is 2.05. The Bertz CT molecular complexity index is 1080. The molecule has 0 spiro atoms. The minimum atomic E-state index is -0.100. The Morgan fingerprint density at radius 2 is 1.88 bits per heavy atom. The second kappa shape index (κ2) is 11.3. The normalized spacial score (nSPS) is 15.0. The Balaban J connectivity index is 1.70. The number of methoxy groups -OCH3 is 1. The number of nitrogens with zero attached hydrogens (tertiary/aromatic N) is 1. The van der Waals surface area contributed by atoms with Crippen molar-refractivity contribution < 1.29 is 19.0 Å². The highest BCUT2D eigenvalue weighted by Gasteiger charge is 2.30. The molecule has 5 nitrogen and oxygen atoms in total. The summed E-state index contributed by atoms with van der Waals surface area (Å²) < 4.78 is 18.0. The van der Waals surface area contributed by atoms with Gasteiger partial charge in [-0.15, -0.1) is 0 Å². The fourth-order valence-corrected chi connectivity index (χ4v) is 5.08. The number of amides is 1. The lowest BCUT2D eigenvalue weighted by molar-refractivity contribution is -0.121. The number of ether oxygens (including phenoxy) is 3. The van der Waals surface area contributed by atoms with Crippen LogP contribution >= 0.6 is 35.6 Å². The molecule has 2 aromatic carbocycles. The van der Waals surface area contributed by atoms with E-state index in [1.165, 1.54) is 11.8 Å². The average molecular weight is 506 g/mol. The third-order valence-electron chi connectivity index (χ3n) is 5.12. The predicted molar refractivity (Wildman–Crippen MR) is 140 cm³/mol. The summed E-state index contributed by atoms with van der Waals surface area (Å²) >= 11 is 13.1. The van der Waals surface area contributed by atoms with Gasteiger partial charge in [-0.25, -0.2) is 0 Å². The number of benzene rings is 2. The lowest BCUT2D eigenvalue weighted by Crippen LogP contribution is -2.27. The third-order valence-corrected chi connectivity index (χ3v) is 6.78. The van der Waals surface area contributed by atoms with E-state index < -0.39 is 0 Å². The van der Waals surface area contributed by atoms with Crippen LogP contribution in [0.5, 0.6) is 17.2 Å². The summed E-state index contributed by atoms with van der Waals surface area (Å²) in [5, 5.41) is 0.394. The number of likely N-dealkylation sites (N-methyl/N-ethyl adjacent to an activating group) is 1. The van der Waals surface area contributed by atoms with Gasteiger partial charge in [0.15, 0.2) is 11.5 Å². The molecule has 0 aliphatic carbocycles. The molecule has 1 aliphatic rings. The van der Waals surface area contributed by atoms with Crippen molar-refractivity contribution in [3.63, 3.8) is 0 Å². The molecule has 0 atom stereocenters. The van der Waals surface area contributed by atoms with Crippen LogP contribution in [0.1, 0.15) is 43.4 Å². The van der Waals surface area contributed by atoms with Gasteiger partial charge < -0.3 is 14.2 Å². The van der Waals surface area contributed by atoms with E-state index >= 15 is 0 Å². The first-order valence-corrected chi connectivity index (χ1v) is 12.3. The Morgan fingerprint density at radius 3 is 2.52 bits per heavy atom. The second-order valence-electron chi connectivity index (χ2n) is 7.85. The van der Waals surface area contributed by atoms with Gasteiger partial charge in [0, 0.05) is 6.54 Å². The summed E-state index contributed by atoms with van der Waals surface area (Å²) in [7, 11) is 1.55. The summed E-state index contributed by atoms with van der Waals surface area (Å²) in [6.45, 7) is 9.43. The van der Waals surface area contributed by atoms with Crippen LogP contribution in [0.25, 0.3) is 6.08 Å². The highest BCUT2D eigenvalue weighted by atomic mass is 35.5. The van der Waals surface area contributed by atoms with Crippen molar-refractivity contribution in [3.8, 4) is 17.2 Å². The quantitative estimate of drug-likeness (QED) is 0.221. The van der Waals surface area contributed by atoms with Crippen LogP contribution in [-0.2, 0) is 4.79 Å². The zero-order chi connectivity index (χ0) is 24.1. The lowest BCUT2D eigenvalue weighted by Gasteiger charge is -2.16. The molecule has 33 heavy (non-hydrogen) atoms. The van der Waals surface area contributed by atoms with Gasteiger partial charge in [0.2, 0.25) is 0 Å². The van der Waals surface area contributed by atoms with Crippen LogP contribution in [0.3, 0.4) is 0 Å². The molecule has 3 rings (SSSR count). The van der Waals surface area contributed by atoms with E-state index in [1.807, 2.05) is 19.9 Å². The zero-order valence-corrected chi connectivity index (χ0v) is 21.8. The molecule has 1 saturated heterocycles. The molecule has 0 radical (unpaired) electrons. The van der Waals surface area contributed by atoms with Gasteiger partial charge in [-0.1, -0.05) is 61.6 Å². The highest BCUT2D eigenvalue weighted by Crippen LogP contribution is 2.39. The van der Waals surface area contributed by atoms with Gasteiger partial charge >= 0.3 is 0 Å². The minimum absolute atomic E-state index is 0.100. The molecule has 1 aliphatic heterocycles. The number of halogens is 1. The van der Waals surface area contributed by atoms with Crippen LogP contribution in [0.15, 0.2) is 35.2 Å². The van der Waals surface area contributed by atoms with E-state index in [0.717, 1.165) is 22.4 Å². The van der Waals surface area contributed by atoms with Gasteiger partial charge in [0.25, 0.3) is 5.91 Å². The highest BCUT2D eigenvalue weighted by molar-refractivity contribution is 8.26. The lowest BCUT2D eigenvalue weighted by atomic mass is 10.0. The molecule has 1 amide bonds. The molecule has 1 fully saturated rings. The minimum Gasteiger partial charge on any atom is -0.493 e. The number of thioether (sulfide) groups is 1. The number of aryl methyl sites for hydroxylation is 1. The van der Waals surface area contributed by atoms with Crippen molar-refractivity contribution in [2.75, 3.05) is 26.9 Å². The number of rotatable bonds is 9. The van der Waals surface area contributed by atoms with Crippen LogP contribution in [0.4, 0.5) is 0 Å². The average Bonchev–Trinajstić information content (AvgIpc) is 3.03. The predicted octanol–water partition coefficient (Wildman–Crippen LogP) is 6.46. The van der Waals surface area contributed by atoms with Crippen molar-refractivity contribution in [3.05, 3.63) is 56.9 Å². The van der Waals surface area contributed by atoms with E-state index in [0.29, 0.717) is 51.4 Å². The van der Waals surface area contributed by atoms with Crippen molar-refractivity contribution in [1.82, 2.24) is 4.90 Å². The van der Waals surface area contributed by atoms with Gasteiger partial charge in [-0.05, 0) is 60.7 Å². The second-order valence-corrected chi connectivity index (χ2v) is 9.94. The van der Waals surface area contributed by atoms with Crippen LogP contribution in [-0.4, -0.2) is 42.0 Å². The van der Waals surface area contributed by atoms with E-state index in [-0.39, 0.29) is 5.91 Å². The van der Waals surface area contributed by atoms with Crippen molar-refractivity contribution >= 4 is 51.9 Å². The maximum Gasteiger partial charge on any atom is 0.266 e. The van der Waals surface area contributed by atoms with E-state index in [2.05, 4.69) is 26.0 Å². The molecular weight excluding hydrogens is 478 g/mol. The molecule has 2 aromatic rings. The largest absolute Gasteiger partial charge is 0.493 e. The van der Waals surface area contributed by atoms with Gasteiger partial charge in [0.05, 0.1) is 17.0 Å². The molecule has 176 valence electrons. The monoisotopic (exact) mass is 505 g/mol. The first-order chi connectivity index (χ1) is 15.7. The van der Waals surface area contributed by atoms with Crippen LogP contribution in [0, 0.1) is 6.92 Å². The van der Waals surface area contributed by atoms with Crippen molar-refractivity contribution in [2.45, 2.75) is 33.6 Å². The SMILES string of the molecule is CCN1C(=O)/C(=C/c2cc(Cl)c(OCCOc3cc(C)ccc3C(C)C)c(OC)c2)SC1=S. The molecule has 8 heteroatoms. The number of hydrogen-bond donors (Lipinski definition) is 0. The van der Waals surface area contributed by atoms with E-state index in [1.54, 1.807) is 30.2 Å². The standard InChI is InChI=1S/C25H28ClNO4S2/c1-6-27-24(28)22(33-25(27)32)14-17-12-19(26)23(21(13-17)29-5)31-10-9-30-20-11-16(4)7-8-18(20)15(2)3/h7-8,11-15H,6,9-10H2,1-5H3/b22-14-. The Labute approximate surface area is 210 Å². The van der Waals surface area contributed by atoms with E-state index in [4.69, 9.17) is 38.0 Å². The summed E-state index contributed by atoms with van der Waals surface area (Å²) in [4.78, 5) is 14.6. The molecule has 0 bridgehead atoms. The number of thiocarbonyl (C=S) groups is 1. The Morgan fingerprint density at radius 1 is 1.15 bits per heavy atom. The number of carbonyl (C=O) groups excluding carboxylic acids is 1. The summed E-state index contributed by atoms with van der Waals surface area (Å²) in [6, 6.07) is 9.77. The molecule has 0 saturated carbocycles. The fourth-order valence-electron chi connectivity index (χ4n) is 3.43. The number of carbonyl (C=O) groups is 1. The molecule has 0 N–H and O–H groups in total. The number of hydrogen-bond acceptors (Lipinski definition) is 6. The topological polar surface area (TPSA) is 48.0 Å². The summed E-state index contributed by atoms with van der Waals surface area (Å²) in [6.07, 6.45) is 1.77. The van der Waals surface area contributed by atoms with E-state index in [9.17, 15) is 4.79 Å². The molecule has 0 aromatic heterocycles. The maximum absolute atomic E-state index is 12.5. The molecular formula is C25H28ClNO4S2. The first-order valence-electron chi connectivity index (χ1n) is 10.7. The first kappa shape index (κ1) is 25.4. The van der Waals surface area contributed by atoms with Gasteiger partial charge in [-0.3, -0.25) is 9.69 Å². The Kier molecular flexibility index (Phi) is 8.68. The van der Waals surface area contributed by atoms with Crippen LogP contribution in [0.2, 0.25) is 5.02 Å².